The fourth-order valence-corrected chi connectivity index (χ4v) is 3.01. The van der Waals surface area contributed by atoms with Gasteiger partial charge < -0.3 is 4.57 Å². The van der Waals surface area contributed by atoms with E-state index < -0.39 is 0 Å². The summed E-state index contributed by atoms with van der Waals surface area (Å²) in [4.78, 5) is 5.48. The lowest BCUT2D eigenvalue weighted by molar-refractivity contribution is 0.789. The lowest BCUT2D eigenvalue weighted by Crippen LogP contribution is -1.98. The summed E-state index contributed by atoms with van der Waals surface area (Å²) >= 11 is 12.0. The molecule has 74 valence electrons. The maximum absolute atomic E-state index is 5.86. The van der Waals surface area contributed by atoms with Crippen molar-refractivity contribution < 1.29 is 0 Å². The second-order valence-corrected chi connectivity index (χ2v) is 6.50. The molecule has 2 nitrogen and oxygen atoms in total. The Balaban J connectivity index is 2.22. The molecule has 2 aromatic rings. The van der Waals surface area contributed by atoms with Crippen LogP contribution in [0.1, 0.15) is 4.88 Å². The van der Waals surface area contributed by atoms with Crippen LogP contribution in [0.5, 0.6) is 0 Å². The molecular weight excluding hydrogens is 445 g/mol. The Morgan fingerprint density at radius 1 is 1.43 bits per heavy atom. The van der Waals surface area contributed by atoms with E-state index in [0.717, 1.165) is 14.6 Å². The third-order valence-electron chi connectivity index (χ3n) is 1.69. The average molecular weight is 450 g/mol. The van der Waals surface area contributed by atoms with Crippen molar-refractivity contribution in [2.24, 2.45) is 0 Å². The fraction of sp³-hybridized carbons (Fsp3) is 0.125. The Kier molecular flexibility index (Phi) is 3.72. The van der Waals surface area contributed by atoms with Crippen LogP contribution in [0.2, 0.25) is 4.34 Å². The van der Waals surface area contributed by atoms with Gasteiger partial charge in [-0.05, 0) is 57.3 Å². The van der Waals surface area contributed by atoms with Gasteiger partial charge in [-0.2, -0.15) is 0 Å². The largest absolute Gasteiger partial charge is 0.320 e. The van der Waals surface area contributed by atoms with Crippen LogP contribution in [0.3, 0.4) is 0 Å². The number of hydrogen-bond donors (Lipinski definition) is 0. The zero-order valence-corrected chi connectivity index (χ0v) is 12.8. The Labute approximate surface area is 118 Å². The molecule has 0 aliphatic heterocycles. The van der Waals surface area contributed by atoms with Crippen LogP contribution in [0.25, 0.3) is 0 Å². The fourth-order valence-electron chi connectivity index (χ4n) is 1.06. The van der Waals surface area contributed by atoms with E-state index in [1.807, 2.05) is 12.4 Å². The molecule has 2 heterocycles. The number of aromatic nitrogens is 2. The highest BCUT2D eigenvalue weighted by molar-refractivity contribution is 14.1. The first-order valence-corrected chi connectivity index (χ1v) is 7.12. The van der Waals surface area contributed by atoms with Crippen molar-refractivity contribution >= 4 is 68.1 Å². The van der Waals surface area contributed by atoms with Crippen molar-refractivity contribution in [1.82, 2.24) is 9.55 Å². The highest BCUT2D eigenvalue weighted by Crippen LogP contribution is 2.23. The van der Waals surface area contributed by atoms with Gasteiger partial charge in [-0.1, -0.05) is 11.6 Å². The smallest absolute Gasteiger partial charge is 0.132 e. The molecule has 0 spiro atoms. The minimum Gasteiger partial charge on any atom is -0.320 e. The second-order valence-electron chi connectivity index (χ2n) is 2.66. The third kappa shape index (κ3) is 2.42. The van der Waals surface area contributed by atoms with E-state index in [9.17, 15) is 0 Å². The van der Waals surface area contributed by atoms with Gasteiger partial charge in [-0.25, -0.2) is 4.98 Å². The molecule has 0 unspecified atom stereocenters. The van der Waals surface area contributed by atoms with Crippen molar-refractivity contribution in [3.05, 3.63) is 35.1 Å². The van der Waals surface area contributed by atoms with Gasteiger partial charge in [0.05, 0.1) is 17.2 Å². The molecule has 0 saturated carbocycles. The molecule has 14 heavy (non-hydrogen) atoms. The number of rotatable bonds is 2. The van der Waals surface area contributed by atoms with Gasteiger partial charge in [-0.15, -0.1) is 11.3 Å². The molecule has 2 aromatic heterocycles. The van der Waals surface area contributed by atoms with Crippen LogP contribution < -0.4 is 0 Å². The summed E-state index contributed by atoms with van der Waals surface area (Å²) in [5, 5.41) is 0. The van der Waals surface area contributed by atoms with E-state index in [2.05, 4.69) is 60.8 Å². The van der Waals surface area contributed by atoms with Crippen molar-refractivity contribution in [3.63, 3.8) is 0 Å². The number of imidazole rings is 1. The minimum absolute atomic E-state index is 0.838. The van der Waals surface area contributed by atoms with Gasteiger partial charge in [0, 0.05) is 4.88 Å². The molecule has 0 aliphatic carbocycles. The molecule has 0 amide bonds. The molecule has 0 N–H and O–H groups in total. The SMILES string of the molecule is Clc1ccc(Cn2cnc(I)c2I)s1. The number of hydrogen-bond acceptors (Lipinski definition) is 2. The van der Waals surface area contributed by atoms with E-state index in [-0.39, 0.29) is 0 Å². The third-order valence-corrected chi connectivity index (χ3v) is 5.86. The molecule has 0 aliphatic rings. The van der Waals surface area contributed by atoms with Crippen LogP contribution in [-0.2, 0) is 6.54 Å². The molecule has 0 bridgehead atoms. The van der Waals surface area contributed by atoms with Gasteiger partial charge >= 0.3 is 0 Å². The lowest BCUT2D eigenvalue weighted by Gasteiger charge is -2.00. The van der Waals surface area contributed by atoms with E-state index in [4.69, 9.17) is 11.6 Å². The maximum atomic E-state index is 5.86. The number of halogens is 3. The topological polar surface area (TPSA) is 17.8 Å². The quantitative estimate of drug-likeness (QED) is 0.636. The molecule has 0 fully saturated rings. The van der Waals surface area contributed by atoms with E-state index in [0.29, 0.717) is 0 Å². The van der Waals surface area contributed by atoms with Gasteiger partial charge in [-0.3, -0.25) is 0 Å². The van der Waals surface area contributed by atoms with E-state index >= 15 is 0 Å². The summed E-state index contributed by atoms with van der Waals surface area (Å²) in [7, 11) is 0. The Morgan fingerprint density at radius 3 is 2.71 bits per heavy atom. The highest BCUT2D eigenvalue weighted by atomic mass is 127. The van der Waals surface area contributed by atoms with Crippen LogP contribution in [0, 0.1) is 7.40 Å². The standard InChI is InChI=1S/C8H5ClI2N2S/c9-6-2-1-5(14-6)3-13-4-12-7(10)8(13)11/h1-2,4H,3H2. The van der Waals surface area contributed by atoms with E-state index in [1.54, 1.807) is 11.3 Å². The average Bonchev–Trinajstić information content (AvgIpc) is 2.67. The molecule has 0 atom stereocenters. The van der Waals surface area contributed by atoms with Gasteiger partial charge in [0.15, 0.2) is 0 Å². The van der Waals surface area contributed by atoms with Crippen molar-refractivity contribution in [1.29, 1.82) is 0 Å². The Bertz CT molecular complexity index is 452. The highest BCUT2D eigenvalue weighted by Gasteiger charge is 2.06. The minimum atomic E-state index is 0.838. The summed E-state index contributed by atoms with van der Waals surface area (Å²) in [5.74, 6) is 0. The van der Waals surface area contributed by atoms with Crippen LogP contribution >= 0.6 is 68.1 Å². The van der Waals surface area contributed by atoms with Crippen molar-refractivity contribution in [2.45, 2.75) is 6.54 Å². The molecule has 6 heteroatoms. The Hall–Kier alpha value is 0.660. The Morgan fingerprint density at radius 2 is 2.21 bits per heavy atom. The van der Waals surface area contributed by atoms with Gasteiger partial charge in [0.25, 0.3) is 0 Å². The molecule has 2 rings (SSSR count). The van der Waals surface area contributed by atoms with Crippen molar-refractivity contribution in [2.75, 3.05) is 0 Å². The first kappa shape index (κ1) is 11.2. The van der Waals surface area contributed by atoms with Gasteiger partial charge in [0.2, 0.25) is 0 Å². The normalized spacial score (nSPS) is 10.8. The first-order chi connectivity index (χ1) is 6.66. The summed E-state index contributed by atoms with van der Waals surface area (Å²) in [6, 6.07) is 3.98. The predicted molar refractivity (Wildman–Crippen MR) is 76.1 cm³/mol. The molecule has 0 aromatic carbocycles. The summed E-state index contributed by atoms with van der Waals surface area (Å²) in [6.45, 7) is 0.853. The maximum Gasteiger partial charge on any atom is 0.132 e. The summed E-state index contributed by atoms with van der Waals surface area (Å²) in [5.41, 5.74) is 0. The van der Waals surface area contributed by atoms with Crippen LogP contribution in [0.4, 0.5) is 0 Å². The summed E-state index contributed by atoms with van der Waals surface area (Å²) < 4.78 is 5.17. The zero-order valence-electron chi connectivity index (χ0n) is 6.88. The number of thiophene rings is 1. The lowest BCUT2D eigenvalue weighted by atomic mass is 10.5. The summed E-state index contributed by atoms with van der Waals surface area (Å²) in [6.07, 6.45) is 1.86. The van der Waals surface area contributed by atoms with Crippen LogP contribution in [-0.4, -0.2) is 9.55 Å². The van der Waals surface area contributed by atoms with E-state index in [1.165, 1.54) is 8.58 Å². The second kappa shape index (κ2) is 4.67. The zero-order chi connectivity index (χ0) is 10.1. The number of nitrogens with zero attached hydrogens (tertiary/aromatic N) is 2. The first-order valence-electron chi connectivity index (χ1n) is 3.77. The predicted octanol–water partition coefficient (Wildman–Crippen LogP) is 3.86. The van der Waals surface area contributed by atoms with Gasteiger partial charge in [0.1, 0.15) is 7.40 Å². The van der Waals surface area contributed by atoms with Crippen molar-refractivity contribution in [3.8, 4) is 0 Å². The van der Waals surface area contributed by atoms with Crippen LogP contribution in [0.15, 0.2) is 18.5 Å². The molecule has 0 saturated heterocycles. The molecular formula is C8H5ClI2N2S. The monoisotopic (exact) mass is 450 g/mol. The molecule has 0 radical (unpaired) electrons.